The van der Waals surface area contributed by atoms with Gasteiger partial charge in [0.25, 0.3) is 0 Å². The van der Waals surface area contributed by atoms with Crippen molar-refractivity contribution in [3.05, 3.63) is 36.4 Å². The molecule has 0 aliphatic carbocycles. The van der Waals surface area contributed by atoms with Crippen molar-refractivity contribution in [3.63, 3.8) is 0 Å². The molecule has 0 aliphatic heterocycles. The number of nitrogens with one attached hydrogen (secondary N) is 2. The van der Waals surface area contributed by atoms with Crippen LogP contribution in [0.5, 0.6) is 5.75 Å². The molecule has 2 aromatic rings. The van der Waals surface area contributed by atoms with E-state index < -0.39 is 0 Å². The first kappa shape index (κ1) is 13.4. The minimum Gasteiger partial charge on any atom is -0.507 e. The second kappa shape index (κ2) is 5.71. The van der Waals surface area contributed by atoms with Crippen molar-refractivity contribution in [1.29, 1.82) is 0 Å². The smallest absolute Gasteiger partial charge is 0.238 e. The lowest BCUT2D eigenvalue weighted by molar-refractivity contribution is -0.115. The van der Waals surface area contributed by atoms with Crippen LogP contribution in [0.25, 0.3) is 10.8 Å². The number of phenolic OH excluding ortho intramolecular Hbond substituents is 1. The highest BCUT2D eigenvalue weighted by Gasteiger charge is 2.07. The lowest BCUT2D eigenvalue weighted by Gasteiger charge is -2.11. The molecule has 4 heteroatoms. The van der Waals surface area contributed by atoms with Gasteiger partial charge in [0.15, 0.2) is 0 Å². The van der Waals surface area contributed by atoms with Gasteiger partial charge < -0.3 is 15.7 Å². The average molecular weight is 258 g/mol. The van der Waals surface area contributed by atoms with Crippen molar-refractivity contribution in [2.75, 3.05) is 11.9 Å². The molecule has 0 radical (unpaired) electrons. The molecule has 0 unspecified atom stereocenters. The third-order valence-electron chi connectivity index (χ3n) is 2.84. The van der Waals surface area contributed by atoms with E-state index in [2.05, 4.69) is 10.6 Å². The fourth-order valence-corrected chi connectivity index (χ4v) is 1.89. The summed E-state index contributed by atoms with van der Waals surface area (Å²) in [6.07, 6.45) is 0. The van der Waals surface area contributed by atoms with Crippen LogP contribution in [-0.4, -0.2) is 23.6 Å². The minimum absolute atomic E-state index is 0.0930. The molecule has 0 aromatic heterocycles. The van der Waals surface area contributed by atoms with Crippen LogP contribution in [0.2, 0.25) is 0 Å². The molecule has 0 atom stereocenters. The summed E-state index contributed by atoms with van der Waals surface area (Å²) in [5.74, 6) is 0.124. The molecular weight excluding hydrogens is 240 g/mol. The molecule has 0 bridgehead atoms. The number of hydrogen-bond donors (Lipinski definition) is 3. The molecule has 0 aliphatic rings. The van der Waals surface area contributed by atoms with Crippen LogP contribution in [0.4, 0.5) is 5.69 Å². The van der Waals surface area contributed by atoms with Gasteiger partial charge in [0.1, 0.15) is 5.75 Å². The molecule has 0 saturated carbocycles. The van der Waals surface area contributed by atoms with Crippen LogP contribution >= 0.6 is 0 Å². The quantitative estimate of drug-likeness (QED) is 0.789. The zero-order chi connectivity index (χ0) is 13.8. The topological polar surface area (TPSA) is 61.4 Å². The maximum Gasteiger partial charge on any atom is 0.238 e. The summed E-state index contributed by atoms with van der Waals surface area (Å²) in [6.45, 7) is 4.25. The number of carbonyl (C=O) groups excluding carboxylic acids is 1. The Morgan fingerprint density at radius 3 is 2.58 bits per heavy atom. The van der Waals surface area contributed by atoms with Crippen molar-refractivity contribution in [2.45, 2.75) is 19.9 Å². The number of benzene rings is 2. The summed E-state index contributed by atoms with van der Waals surface area (Å²) in [5, 5.41) is 17.3. The number of carbonyl (C=O) groups is 1. The number of amides is 1. The van der Waals surface area contributed by atoms with Gasteiger partial charge in [-0.3, -0.25) is 4.79 Å². The molecule has 0 heterocycles. The van der Waals surface area contributed by atoms with E-state index in [4.69, 9.17) is 0 Å². The Labute approximate surface area is 112 Å². The van der Waals surface area contributed by atoms with Gasteiger partial charge in [-0.1, -0.05) is 38.1 Å². The molecule has 19 heavy (non-hydrogen) atoms. The van der Waals surface area contributed by atoms with Gasteiger partial charge in [-0.2, -0.15) is 0 Å². The summed E-state index contributed by atoms with van der Waals surface area (Å²) in [4.78, 5) is 11.8. The van der Waals surface area contributed by atoms with Crippen molar-refractivity contribution < 1.29 is 9.90 Å². The van der Waals surface area contributed by atoms with Crippen molar-refractivity contribution in [2.24, 2.45) is 0 Å². The lowest BCUT2D eigenvalue weighted by Crippen LogP contribution is -2.32. The summed E-state index contributed by atoms with van der Waals surface area (Å²) < 4.78 is 0. The molecule has 0 fully saturated rings. The van der Waals surface area contributed by atoms with Gasteiger partial charge in [0.05, 0.1) is 6.54 Å². The average Bonchev–Trinajstić information content (AvgIpc) is 2.38. The molecule has 100 valence electrons. The normalized spacial score (nSPS) is 10.9. The van der Waals surface area contributed by atoms with E-state index >= 15 is 0 Å². The molecular formula is C15H18N2O2. The van der Waals surface area contributed by atoms with Crippen LogP contribution in [0, 0.1) is 0 Å². The highest BCUT2D eigenvalue weighted by atomic mass is 16.3. The van der Waals surface area contributed by atoms with Gasteiger partial charge in [0, 0.05) is 22.5 Å². The van der Waals surface area contributed by atoms with Gasteiger partial charge >= 0.3 is 0 Å². The minimum atomic E-state index is -0.0930. The predicted molar refractivity (Wildman–Crippen MR) is 77.4 cm³/mol. The van der Waals surface area contributed by atoms with Crippen LogP contribution < -0.4 is 10.6 Å². The van der Waals surface area contributed by atoms with E-state index in [1.54, 1.807) is 12.1 Å². The fraction of sp³-hybridized carbons (Fsp3) is 0.267. The molecule has 3 N–H and O–H groups in total. The number of hydrogen-bond acceptors (Lipinski definition) is 3. The van der Waals surface area contributed by atoms with E-state index in [1.165, 1.54) is 0 Å². The van der Waals surface area contributed by atoms with Gasteiger partial charge in [-0.15, -0.1) is 0 Å². The molecule has 2 aromatic carbocycles. The third-order valence-corrected chi connectivity index (χ3v) is 2.84. The largest absolute Gasteiger partial charge is 0.507 e. The Morgan fingerprint density at radius 1 is 1.16 bits per heavy atom. The summed E-state index contributed by atoms with van der Waals surface area (Å²) in [7, 11) is 0. The Bertz CT molecular complexity index is 594. The molecule has 1 amide bonds. The molecule has 2 rings (SSSR count). The standard InChI is InChI=1S/C15H18N2O2/c1-10(2)16-9-15(19)17-13-7-3-6-12-11(13)5-4-8-14(12)18/h3-8,10,16,18H,9H2,1-2H3,(H,17,19). The van der Waals surface area contributed by atoms with Crippen LogP contribution in [0.1, 0.15) is 13.8 Å². The first-order valence-corrected chi connectivity index (χ1v) is 6.32. The Morgan fingerprint density at radius 2 is 1.84 bits per heavy atom. The summed E-state index contributed by atoms with van der Waals surface area (Å²) >= 11 is 0. The van der Waals surface area contributed by atoms with Gasteiger partial charge in [-0.25, -0.2) is 0 Å². The maximum absolute atomic E-state index is 11.8. The SMILES string of the molecule is CC(C)NCC(=O)Nc1cccc2c(O)cccc12. The van der Waals surface area contributed by atoms with Crippen LogP contribution in [0.3, 0.4) is 0 Å². The number of phenols is 1. The van der Waals surface area contributed by atoms with Crippen molar-refractivity contribution in [3.8, 4) is 5.75 Å². The molecule has 4 nitrogen and oxygen atoms in total. The zero-order valence-corrected chi connectivity index (χ0v) is 11.1. The van der Waals surface area contributed by atoms with Crippen LogP contribution in [-0.2, 0) is 4.79 Å². The lowest BCUT2D eigenvalue weighted by atomic mass is 10.1. The monoisotopic (exact) mass is 258 g/mol. The van der Waals surface area contributed by atoms with E-state index in [0.29, 0.717) is 5.69 Å². The third kappa shape index (κ3) is 3.23. The number of fused-ring (bicyclic) bond motifs is 1. The van der Waals surface area contributed by atoms with Crippen molar-refractivity contribution in [1.82, 2.24) is 5.32 Å². The van der Waals surface area contributed by atoms with E-state index in [0.717, 1.165) is 10.8 Å². The number of anilines is 1. The van der Waals surface area contributed by atoms with Gasteiger partial charge in [-0.05, 0) is 12.1 Å². The Balaban J connectivity index is 2.21. The fourth-order valence-electron chi connectivity index (χ4n) is 1.89. The van der Waals surface area contributed by atoms with E-state index in [1.807, 2.05) is 38.1 Å². The van der Waals surface area contributed by atoms with E-state index in [-0.39, 0.29) is 24.2 Å². The number of rotatable bonds is 4. The first-order chi connectivity index (χ1) is 9.08. The van der Waals surface area contributed by atoms with E-state index in [9.17, 15) is 9.90 Å². The second-order valence-electron chi connectivity index (χ2n) is 4.76. The summed E-state index contributed by atoms with van der Waals surface area (Å²) in [5.41, 5.74) is 0.712. The number of aromatic hydroxyl groups is 1. The maximum atomic E-state index is 11.8. The summed E-state index contributed by atoms with van der Waals surface area (Å²) in [6, 6.07) is 11.0. The second-order valence-corrected chi connectivity index (χ2v) is 4.76. The highest BCUT2D eigenvalue weighted by molar-refractivity contribution is 6.04. The van der Waals surface area contributed by atoms with Crippen LogP contribution in [0.15, 0.2) is 36.4 Å². The zero-order valence-electron chi connectivity index (χ0n) is 11.1. The molecule has 0 spiro atoms. The predicted octanol–water partition coefficient (Wildman–Crippen LogP) is 2.48. The van der Waals surface area contributed by atoms with Gasteiger partial charge in [0.2, 0.25) is 5.91 Å². The molecule has 0 saturated heterocycles. The first-order valence-electron chi connectivity index (χ1n) is 6.32. The highest BCUT2D eigenvalue weighted by Crippen LogP contribution is 2.29. The van der Waals surface area contributed by atoms with Crippen molar-refractivity contribution >= 4 is 22.4 Å². The Kier molecular flexibility index (Phi) is 4.02. The Hall–Kier alpha value is -2.07.